The average Bonchev–Trinajstić information content (AvgIpc) is 2.43. The van der Waals surface area contributed by atoms with E-state index in [0.717, 1.165) is 31.2 Å². The van der Waals surface area contributed by atoms with E-state index in [1.807, 2.05) is 30.3 Å². The predicted octanol–water partition coefficient (Wildman–Crippen LogP) is 1.76. The first-order chi connectivity index (χ1) is 9.22. The van der Waals surface area contributed by atoms with Gasteiger partial charge in [-0.05, 0) is 18.4 Å². The molecule has 0 aliphatic heterocycles. The first-order valence-electron chi connectivity index (χ1n) is 6.86. The summed E-state index contributed by atoms with van der Waals surface area (Å²) in [7, 11) is 1.55. The van der Waals surface area contributed by atoms with Gasteiger partial charge in [0.05, 0.1) is 0 Å². The zero-order chi connectivity index (χ0) is 13.7. The van der Waals surface area contributed by atoms with Crippen LogP contribution in [0.2, 0.25) is 0 Å². The highest BCUT2D eigenvalue weighted by Crippen LogP contribution is 2.20. The molecule has 1 aliphatic rings. The molecule has 0 aromatic heterocycles. The smallest absolute Gasteiger partial charge is 0.254 e. The molecule has 19 heavy (non-hydrogen) atoms. The fraction of sp³-hybridized carbons (Fsp3) is 0.533. The van der Waals surface area contributed by atoms with Crippen LogP contribution in [0.15, 0.2) is 30.3 Å². The van der Waals surface area contributed by atoms with Crippen molar-refractivity contribution in [2.24, 2.45) is 5.73 Å². The molecule has 0 saturated heterocycles. The van der Waals surface area contributed by atoms with Crippen LogP contribution in [0, 0.1) is 0 Å². The highest BCUT2D eigenvalue weighted by atomic mass is 16.5. The summed E-state index contributed by atoms with van der Waals surface area (Å²) >= 11 is 0. The molecule has 1 aliphatic carbocycles. The number of hydrogen-bond acceptors (Lipinski definition) is 3. The highest BCUT2D eigenvalue weighted by Gasteiger charge is 2.27. The van der Waals surface area contributed by atoms with Gasteiger partial charge in [0.1, 0.15) is 0 Å². The average molecular weight is 262 g/mol. The lowest BCUT2D eigenvalue weighted by atomic mass is 9.91. The zero-order valence-corrected chi connectivity index (χ0v) is 11.3. The molecule has 2 rings (SSSR count). The maximum Gasteiger partial charge on any atom is 0.254 e. The number of carbonyl (C=O) groups excluding carboxylic acids is 1. The number of amides is 1. The Kier molecular flexibility index (Phi) is 4.93. The Labute approximate surface area is 114 Å². The third kappa shape index (κ3) is 3.55. The van der Waals surface area contributed by atoms with Crippen molar-refractivity contribution in [1.82, 2.24) is 5.32 Å². The van der Waals surface area contributed by atoms with Gasteiger partial charge in [-0.3, -0.25) is 4.79 Å². The first kappa shape index (κ1) is 14.0. The van der Waals surface area contributed by atoms with E-state index in [1.165, 1.54) is 0 Å². The van der Waals surface area contributed by atoms with Gasteiger partial charge in [-0.15, -0.1) is 0 Å². The molecule has 0 spiro atoms. The lowest BCUT2D eigenvalue weighted by molar-refractivity contribution is -0.132. The van der Waals surface area contributed by atoms with Crippen molar-refractivity contribution in [3.05, 3.63) is 35.9 Å². The molecular weight excluding hydrogens is 240 g/mol. The maximum atomic E-state index is 12.3. The van der Waals surface area contributed by atoms with Gasteiger partial charge < -0.3 is 15.8 Å². The minimum Gasteiger partial charge on any atom is -0.367 e. The molecule has 0 heterocycles. The number of nitrogens with one attached hydrogen (secondary N) is 1. The van der Waals surface area contributed by atoms with Crippen molar-refractivity contribution in [3.8, 4) is 0 Å². The first-order valence-corrected chi connectivity index (χ1v) is 6.86. The second kappa shape index (κ2) is 6.68. The third-order valence-electron chi connectivity index (χ3n) is 3.72. The number of carbonyl (C=O) groups is 1. The quantitative estimate of drug-likeness (QED) is 0.869. The minimum atomic E-state index is -0.560. The van der Waals surface area contributed by atoms with Gasteiger partial charge in [-0.25, -0.2) is 0 Å². The van der Waals surface area contributed by atoms with Crippen LogP contribution in [0.5, 0.6) is 0 Å². The van der Waals surface area contributed by atoms with Crippen LogP contribution in [0.4, 0.5) is 0 Å². The van der Waals surface area contributed by atoms with Crippen molar-refractivity contribution in [1.29, 1.82) is 0 Å². The molecule has 104 valence electrons. The standard InChI is InChI=1S/C15H22N2O2/c1-19-14(11-7-3-2-4-8-11)15(18)17-13-10-6-5-9-12(13)16/h2-4,7-8,12-14H,5-6,9-10,16H2,1H3,(H,17,18)/t12-,13-,14?/m1/s1. The van der Waals surface area contributed by atoms with E-state index in [2.05, 4.69) is 5.32 Å². The number of rotatable bonds is 4. The normalized spacial score (nSPS) is 24.7. The van der Waals surface area contributed by atoms with Crippen LogP contribution in [0.25, 0.3) is 0 Å². The van der Waals surface area contributed by atoms with Gasteiger partial charge in [-0.2, -0.15) is 0 Å². The summed E-state index contributed by atoms with van der Waals surface area (Å²) in [5, 5.41) is 3.03. The summed E-state index contributed by atoms with van der Waals surface area (Å²) in [6.45, 7) is 0. The summed E-state index contributed by atoms with van der Waals surface area (Å²) in [5.74, 6) is -0.101. The molecule has 1 fully saturated rings. The molecule has 1 saturated carbocycles. The molecule has 1 amide bonds. The molecule has 3 N–H and O–H groups in total. The van der Waals surface area contributed by atoms with Gasteiger partial charge in [0.25, 0.3) is 5.91 Å². The Balaban J connectivity index is 2.01. The fourth-order valence-electron chi connectivity index (χ4n) is 2.62. The minimum absolute atomic E-state index is 0.0611. The fourth-order valence-corrected chi connectivity index (χ4v) is 2.62. The van der Waals surface area contributed by atoms with Crippen LogP contribution in [-0.2, 0) is 9.53 Å². The Morgan fingerprint density at radius 2 is 2.00 bits per heavy atom. The number of nitrogens with two attached hydrogens (primary N) is 1. The topological polar surface area (TPSA) is 64.3 Å². The van der Waals surface area contributed by atoms with E-state index in [4.69, 9.17) is 10.5 Å². The van der Waals surface area contributed by atoms with Crippen molar-refractivity contribution in [3.63, 3.8) is 0 Å². The molecule has 1 aromatic rings. The van der Waals surface area contributed by atoms with Gasteiger partial charge in [0.15, 0.2) is 6.10 Å². The van der Waals surface area contributed by atoms with E-state index < -0.39 is 6.10 Å². The van der Waals surface area contributed by atoms with Gasteiger partial charge in [-0.1, -0.05) is 43.2 Å². The van der Waals surface area contributed by atoms with E-state index in [9.17, 15) is 4.79 Å². The number of methoxy groups -OCH3 is 1. The Morgan fingerprint density at radius 3 is 2.63 bits per heavy atom. The summed E-state index contributed by atoms with van der Waals surface area (Å²) in [4.78, 5) is 12.3. The summed E-state index contributed by atoms with van der Waals surface area (Å²) < 4.78 is 5.32. The Hall–Kier alpha value is -1.39. The number of ether oxygens (including phenoxy) is 1. The van der Waals surface area contributed by atoms with E-state index in [1.54, 1.807) is 7.11 Å². The molecule has 1 unspecified atom stereocenters. The zero-order valence-electron chi connectivity index (χ0n) is 11.3. The van der Waals surface area contributed by atoms with Gasteiger partial charge in [0.2, 0.25) is 0 Å². The predicted molar refractivity (Wildman–Crippen MR) is 74.6 cm³/mol. The molecule has 0 bridgehead atoms. The van der Waals surface area contributed by atoms with Crippen LogP contribution >= 0.6 is 0 Å². The number of benzene rings is 1. The van der Waals surface area contributed by atoms with E-state index >= 15 is 0 Å². The molecule has 1 aromatic carbocycles. The largest absolute Gasteiger partial charge is 0.367 e. The highest BCUT2D eigenvalue weighted by molar-refractivity contribution is 5.82. The second-order valence-electron chi connectivity index (χ2n) is 5.09. The van der Waals surface area contributed by atoms with E-state index in [-0.39, 0.29) is 18.0 Å². The van der Waals surface area contributed by atoms with Crippen molar-refractivity contribution in [2.45, 2.75) is 43.9 Å². The van der Waals surface area contributed by atoms with Crippen LogP contribution in [0.3, 0.4) is 0 Å². The lowest BCUT2D eigenvalue weighted by Crippen LogP contribution is -2.50. The van der Waals surface area contributed by atoms with Crippen LogP contribution in [0.1, 0.15) is 37.4 Å². The SMILES string of the molecule is COC(C(=O)N[C@@H]1CCCC[C@H]1N)c1ccccc1. The molecular formula is C15H22N2O2. The lowest BCUT2D eigenvalue weighted by Gasteiger charge is -2.30. The van der Waals surface area contributed by atoms with E-state index in [0.29, 0.717) is 0 Å². The Morgan fingerprint density at radius 1 is 1.32 bits per heavy atom. The molecule has 4 nitrogen and oxygen atoms in total. The van der Waals surface area contributed by atoms with Crippen molar-refractivity contribution < 1.29 is 9.53 Å². The van der Waals surface area contributed by atoms with Crippen molar-refractivity contribution >= 4 is 5.91 Å². The molecule has 0 radical (unpaired) electrons. The second-order valence-corrected chi connectivity index (χ2v) is 5.09. The summed E-state index contributed by atoms with van der Waals surface area (Å²) in [6, 6.07) is 9.66. The monoisotopic (exact) mass is 262 g/mol. The Bertz CT molecular complexity index is 408. The third-order valence-corrected chi connectivity index (χ3v) is 3.72. The van der Waals surface area contributed by atoms with Gasteiger partial charge >= 0.3 is 0 Å². The summed E-state index contributed by atoms with van der Waals surface area (Å²) in [6.07, 6.45) is 3.66. The summed E-state index contributed by atoms with van der Waals surface area (Å²) in [5.41, 5.74) is 6.92. The van der Waals surface area contributed by atoms with Crippen LogP contribution < -0.4 is 11.1 Å². The van der Waals surface area contributed by atoms with Gasteiger partial charge in [0, 0.05) is 19.2 Å². The van der Waals surface area contributed by atoms with Crippen molar-refractivity contribution in [2.75, 3.05) is 7.11 Å². The van der Waals surface area contributed by atoms with Crippen LogP contribution in [-0.4, -0.2) is 25.1 Å². The molecule has 3 atom stereocenters. The number of hydrogen-bond donors (Lipinski definition) is 2. The molecule has 4 heteroatoms. The maximum absolute atomic E-state index is 12.3.